The highest BCUT2D eigenvalue weighted by Crippen LogP contribution is 2.46. The highest BCUT2D eigenvalue weighted by Gasteiger charge is 2.49. The maximum Gasteiger partial charge on any atom is 0.416 e. The molecule has 2 aliphatic carbocycles. The minimum Gasteiger partial charge on any atom is -0.504 e. The monoisotopic (exact) mass is 737 g/mol. The zero-order valence-electron chi connectivity index (χ0n) is 28.3. The zero-order chi connectivity index (χ0) is 36.6. The predicted octanol–water partition coefficient (Wildman–Crippen LogP) is 4.56. The molecule has 0 spiro atoms. The van der Waals surface area contributed by atoms with Crippen molar-refractivity contribution >= 4 is 51.8 Å². The van der Waals surface area contributed by atoms with Crippen LogP contribution in [0.4, 0.5) is 30.4 Å². The summed E-state index contributed by atoms with van der Waals surface area (Å²) < 4.78 is 41.4. The van der Waals surface area contributed by atoms with E-state index in [1.807, 2.05) is 11.8 Å². The molecule has 2 amide bonds. The number of fused-ring (bicyclic) bond motifs is 3. The van der Waals surface area contributed by atoms with Crippen LogP contribution in [0.2, 0.25) is 5.02 Å². The number of benzene rings is 1. The Labute approximate surface area is 300 Å². The van der Waals surface area contributed by atoms with Gasteiger partial charge in [0.15, 0.2) is 22.6 Å². The van der Waals surface area contributed by atoms with Gasteiger partial charge in [-0.3, -0.25) is 14.4 Å². The first-order chi connectivity index (χ1) is 24.8. The van der Waals surface area contributed by atoms with E-state index < -0.39 is 23.6 Å². The summed E-state index contributed by atoms with van der Waals surface area (Å²) in [6.07, 6.45) is 2.07. The van der Waals surface area contributed by atoms with Crippen molar-refractivity contribution in [3.63, 3.8) is 0 Å². The van der Waals surface area contributed by atoms with Gasteiger partial charge in [0.2, 0.25) is 11.3 Å². The van der Waals surface area contributed by atoms with Crippen LogP contribution in [-0.4, -0.2) is 84.1 Å². The summed E-state index contributed by atoms with van der Waals surface area (Å²) in [5, 5.41) is 12.9. The van der Waals surface area contributed by atoms with Gasteiger partial charge in [-0.2, -0.15) is 13.2 Å². The van der Waals surface area contributed by atoms with E-state index in [9.17, 15) is 32.7 Å². The number of amides is 2. The summed E-state index contributed by atoms with van der Waals surface area (Å²) >= 11 is 6.16. The van der Waals surface area contributed by atoms with Crippen molar-refractivity contribution in [1.82, 2.24) is 29.4 Å². The molecule has 17 heteroatoms. The Morgan fingerprint density at radius 1 is 1.04 bits per heavy atom. The molecule has 4 aliphatic rings. The van der Waals surface area contributed by atoms with Gasteiger partial charge >= 0.3 is 6.18 Å². The van der Waals surface area contributed by atoms with Gasteiger partial charge in [-0.25, -0.2) is 19.9 Å². The third kappa shape index (κ3) is 5.67. The Kier molecular flexibility index (Phi) is 8.27. The van der Waals surface area contributed by atoms with E-state index in [1.165, 1.54) is 6.33 Å². The molecular weight excluding hydrogens is 703 g/mol. The Morgan fingerprint density at radius 2 is 1.83 bits per heavy atom. The number of anilines is 3. The predicted molar refractivity (Wildman–Crippen MR) is 186 cm³/mol. The van der Waals surface area contributed by atoms with Crippen molar-refractivity contribution in [2.45, 2.75) is 76.8 Å². The number of alkyl halides is 3. The number of carbonyl (C=O) groups is 2. The van der Waals surface area contributed by atoms with Crippen LogP contribution in [0.3, 0.4) is 0 Å². The largest absolute Gasteiger partial charge is 0.504 e. The number of nitrogens with zero attached hydrogens (tertiary/aromatic N) is 8. The van der Waals surface area contributed by atoms with Crippen LogP contribution in [0, 0.1) is 12.8 Å². The maximum atomic E-state index is 14.6. The van der Waals surface area contributed by atoms with E-state index >= 15 is 0 Å². The van der Waals surface area contributed by atoms with Crippen molar-refractivity contribution in [3.05, 3.63) is 68.6 Å². The maximum absolute atomic E-state index is 14.6. The molecule has 13 nitrogen and oxygen atoms in total. The molecule has 4 aromatic rings. The van der Waals surface area contributed by atoms with E-state index in [2.05, 4.69) is 20.2 Å². The molecule has 2 N–H and O–H groups in total. The fourth-order valence-corrected chi connectivity index (χ4v) is 8.25. The highest BCUT2D eigenvalue weighted by molar-refractivity contribution is 6.33. The summed E-state index contributed by atoms with van der Waals surface area (Å²) in [5.74, 6) is -0.0698. The number of pyridine rings is 1. The van der Waals surface area contributed by atoms with Crippen molar-refractivity contribution in [3.8, 4) is 5.75 Å². The van der Waals surface area contributed by atoms with Gasteiger partial charge < -0.3 is 29.7 Å². The lowest BCUT2D eigenvalue weighted by atomic mass is 9.81. The Balaban J connectivity index is 1.17. The fraction of sp³-hybridized carbons (Fsp3) is 0.457. The minimum absolute atomic E-state index is 0.00713. The SMILES string of the molecule is CCc1c(N2CCN(C(=O)c3ncnc(C)c3O)[C@H]3CC[C@@H]32)c(=O)c2nc(N3CC[C@@H]4C[C@@H]43)cnc2n1CC(=O)Nc1ccc(C(F)(F)F)cc1Cl. The second-order valence-corrected chi connectivity index (χ2v) is 14.2. The number of hydrogen-bond acceptors (Lipinski definition) is 10. The third-order valence-electron chi connectivity index (χ3n) is 10.9. The fourth-order valence-electron chi connectivity index (χ4n) is 8.02. The first-order valence-corrected chi connectivity index (χ1v) is 17.7. The number of piperidine rings is 1. The molecule has 2 aliphatic heterocycles. The molecule has 1 aromatic carbocycles. The smallest absolute Gasteiger partial charge is 0.416 e. The standard InChI is InChI=1S/C35H35ClF3N9O4/c1-3-22-30(46-10-11-47(24-7-6-23(24)46)34(52)29-31(50)17(2)41-16-42-29)32(51)28-33(40-14-26(44-28)45-9-8-18-12-25(18)45)48(22)15-27(49)43-21-5-4-19(13-20(21)36)35(37,38)39/h4-5,13-14,16,18,23-25,50H,3,6-12,15H2,1-2H3,(H,43,49)/t18-,23+,24+,25+/m1/s1. The number of aromatic nitrogens is 5. The molecule has 2 saturated carbocycles. The summed E-state index contributed by atoms with van der Waals surface area (Å²) in [6.45, 7) is 4.48. The van der Waals surface area contributed by atoms with Gasteiger partial charge in [-0.05, 0) is 63.1 Å². The van der Waals surface area contributed by atoms with Crippen LogP contribution in [0.5, 0.6) is 5.75 Å². The Bertz CT molecular complexity index is 2200. The molecule has 272 valence electrons. The number of nitrogens with one attached hydrogen (secondary N) is 1. The summed E-state index contributed by atoms with van der Waals surface area (Å²) in [7, 11) is 0. The van der Waals surface area contributed by atoms with Gasteiger partial charge in [0.1, 0.15) is 24.4 Å². The van der Waals surface area contributed by atoms with Gasteiger partial charge in [0, 0.05) is 37.4 Å². The highest BCUT2D eigenvalue weighted by atomic mass is 35.5. The number of carbonyl (C=O) groups excluding carboxylic acids is 2. The van der Waals surface area contributed by atoms with Gasteiger partial charge in [0.25, 0.3) is 5.91 Å². The summed E-state index contributed by atoms with van der Waals surface area (Å²) in [6, 6.07) is 2.57. The van der Waals surface area contributed by atoms with Crippen molar-refractivity contribution in [1.29, 1.82) is 0 Å². The minimum atomic E-state index is -4.60. The first kappa shape index (κ1) is 34.1. The Hall–Kier alpha value is -4.99. The summed E-state index contributed by atoms with van der Waals surface area (Å²) in [4.78, 5) is 65.3. The quantitative estimate of drug-likeness (QED) is 0.277. The second-order valence-electron chi connectivity index (χ2n) is 13.8. The van der Waals surface area contributed by atoms with E-state index in [0.717, 1.165) is 37.6 Å². The second kappa shape index (κ2) is 12.6. The molecule has 2 saturated heterocycles. The zero-order valence-corrected chi connectivity index (χ0v) is 29.1. The van der Waals surface area contributed by atoms with Gasteiger partial charge in [0.05, 0.1) is 34.2 Å². The van der Waals surface area contributed by atoms with Crippen LogP contribution < -0.4 is 20.5 Å². The molecule has 4 fully saturated rings. The van der Waals surface area contributed by atoms with E-state index in [1.54, 1.807) is 22.6 Å². The number of aromatic hydroxyl groups is 1. The molecule has 0 unspecified atom stereocenters. The first-order valence-electron chi connectivity index (χ1n) is 17.3. The summed E-state index contributed by atoms with van der Waals surface area (Å²) in [5.41, 5.74) is 0.173. The number of hydrogen-bond donors (Lipinski definition) is 2. The van der Waals surface area contributed by atoms with Crippen molar-refractivity contribution in [2.75, 3.05) is 34.8 Å². The topological polar surface area (TPSA) is 150 Å². The number of halogens is 4. The van der Waals surface area contributed by atoms with Crippen LogP contribution in [0.25, 0.3) is 11.2 Å². The third-order valence-corrected chi connectivity index (χ3v) is 11.2. The Morgan fingerprint density at radius 3 is 2.48 bits per heavy atom. The normalized spacial score (nSPS) is 22.2. The van der Waals surface area contributed by atoms with Gasteiger partial charge in [-0.1, -0.05) is 18.5 Å². The van der Waals surface area contributed by atoms with Crippen LogP contribution in [0.1, 0.15) is 60.0 Å². The van der Waals surface area contributed by atoms with Crippen LogP contribution >= 0.6 is 11.6 Å². The van der Waals surface area contributed by atoms with Crippen molar-refractivity contribution in [2.24, 2.45) is 5.92 Å². The molecule has 4 atom stereocenters. The molecule has 0 bridgehead atoms. The molecule has 3 aromatic heterocycles. The van der Waals surface area contributed by atoms with E-state index in [0.29, 0.717) is 60.7 Å². The van der Waals surface area contributed by atoms with Gasteiger partial charge in [-0.15, -0.1) is 0 Å². The number of piperazine rings is 1. The lowest BCUT2D eigenvalue weighted by Crippen LogP contribution is -2.67. The molecular formula is C35H35ClF3N9O4. The molecule has 5 heterocycles. The van der Waals surface area contributed by atoms with Crippen LogP contribution in [0.15, 0.2) is 35.5 Å². The number of aryl methyl sites for hydroxylation is 1. The average Bonchev–Trinajstić information content (AvgIpc) is 3.75. The molecule has 52 heavy (non-hydrogen) atoms. The average molecular weight is 738 g/mol. The molecule has 0 radical (unpaired) electrons. The lowest BCUT2D eigenvalue weighted by Gasteiger charge is -2.54. The van der Waals surface area contributed by atoms with E-state index in [4.69, 9.17) is 21.6 Å². The van der Waals surface area contributed by atoms with Crippen molar-refractivity contribution < 1.29 is 27.9 Å². The molecule has 8 rings (SSSR count). The van der Waals surface area contributed by atoms with Crippen LogP contribution in [-0.2, 0) is 23.9 Å². The number of rotatable bonds is 7. The van der Waals surface area contributed by atoms with E-state index in [-0.39, 0.29) is 63.9 Å². The lowest BCUT2D eigenvalue weighted by molar-refractivity contribution is -0.137.